The molecule has 3 rings (SSSR count). The number of carbonyl (C=O) groups is 3. The van der Waals surface area contributed by atoms with Crippen molar-refractivity contribution < 1.29 is 71.0 Å². The molecule has 3 heterocycles. The summed E-state index contributed by atoms with van der Waals surface area (Å²) in [6, 6.07) is 8.94. The fourth-order valence-corrected chi connectivity index (χ4v) is 1.45. The van der Waals surface area contributed by atoms with Crippen LogP contribution >= 0.6 is 0 Å². The van der Waals surface area contributed by atoms with Gasteiger partial charge in [-0.2, -0.15) is 0 Å². The van der Waals surface area contributed by atoms with Crippen molar-refractivity contribution in [2.45, 2.75) is 0 Å². The average Bonchev–Trinajstić information content (AvgIpc) is 2.71. The second kappa shape index (κ2) is 14.3. The summed E-state index contributed by atoms with van der Waals surface area (Å²) in [4.78, 5) is 40.9. The maximum atomic E-state index is 10.0. The molecule has 0 aromatic carbocycles. The molecule has 0 aliphatic rings. The van der Waals surface area contributed by atoms with E-state index in [0.717, 1.165) is 0 Å². The maximum absolute atomic E-state index is 10.0. The Kier molecular flexibility index (Phi) is 12.9. The summed E-state index contributed by atoms with van der Waals surface area (Å²) in [6.45, 7) is 0. The maximum Gasteiger partial charge on any atom is 3.00 e. The Morgan fingerprint density at radius 2 is 0.821 bits per heavy atom. The van der Waals surface area contributed by atoms with Gasteiger partial charge in [0.1, 0.15) is 0 Å². The predicted molar refractivity (Wildman–Crippen MR) is 85.7 cm³/mol. The third-order valence-electron chi connectivity index (χ3n) is 2.69. The van der Waals surface area contributed by atoms with E-state index in [2.05, 4.69) is 15.0 Å². The minimum Gasteiger partial charge on any atom is -0.545 e. The zero-order valence-corrected chi connectivity index (χ0v) is 18.0. The Balaban J connectivity index is 0.000000384. The van der Waals surface area contributed by atoms with E-state index in [-0.39, 0.29) is 58.0 Å². The minimum absolute atomic E-state index is 0. The van der Waals surface area contributed by atoms with Crippen molar-refractivity contribution in [1.82, 2.24) is 15.0 Å². The van der Waals surface area contributed by atoms with Crippen molar-refractivity contribution in [3.8, 4) is 0 Å². The van der Waals surface area contributed by atoms with Crippen LogP contribution in [0.4, 0.5) is 0 Å². The van der Waals surface area contributed by atoms with Gasteiger partial charge in [0.15, 0.2) is 0 Å². The first-order valence-corrected chi connectivity index (χ1v) is 7.26. The van der Waals surface area contributed by atoms with E-state index in [1.54, 1.807) is 18.2 Å². The van der Waals surface area contributed by atoms with Crippen molar-refractivity contribution in [1.29, 1.82) is 0 Å². The standard InChI is InChI=1S/3C6H5NO2.Pr/c3*8-6(9)5-2-1-3-7-4-5;/h3*1-4H,(H,8,9);/q;;;+3/p-3. The van der Waals surface area contributed by atoms with Crippen LogP contribution in [-0.2, 0) is 0 Å². The van der Waals surface area contributed by atoms with Crippen LogP contribution in [-0.4, -0.2) is 32.9 Å². The molecule has 0 aliphatic heterocycles. The number of carboxylic acid groups (broad SMARTS) is 3. The molecule has 3 aromatic rings. The number of hydrogen-bond acceptors (Lipinski definition) is 9. The van der Waals surface area contributed by atoms with Gasteiger partial charge in [0.25, 0.3) is 0 Å². The summed E-state index contributed by atoms with van der Waals surface area (Å²) >= 11 is 0. The van der Waals surface area contributed by atoms with Crippen LogP contribution in [0.2, 0.25) is 0 Å². The molecule has 0 saturated carbocycles. The molecule has 138 valence electrons. The molecular formula is C18H12N3O6Pr. The predicted octanol–water partition coefficient (Wildman–Crippen LogP) is -1.66. The quantitative estimate of drug-likeness (QED) is 0.404. The molecule has 0 fully saturated rings. The topological polar surface area (TPSA) is 159 Å². The van der Waals surface area contributed by atoms with Crippen molar-refractivity contribution in [3.63, 3.8) is 0 Å². The summed E-state index contributed by atoms with van der Waals surface area (Å²) in [6.07, 6.45) is 8.26. The number of hydrogen-bond donors (Lipinski definition) is 0. The minimum atomic E-state index is -1.19. The van der Waals surface area contributed by atoms with Gasteiger partial charge >= 0.3 is 41.3 Å². The first kappa shape index (κ1) is 25.2. The molecule has 10 heteroatoms. The molecule has 0 saturated heterocycles. The van der Waals surface area contributed by atoms with Gasteiger partial charge in [-0.25, -0.2) is 0 Å². The Labute approximate surface area is 193 Å². The van der Waals surface area contributed by atoms with Crippen molar-refractivity contribution in [2.24, 2.45) is 0 Å². The van der Waals surface area contributed by atoms with Crippen molar-refractivity contribution in [2.75, 3.05) is 0 Å². The van der Waals surface area contributed by atoms with Crippen LogP contribution in [0, 0.1) is 41.3 Å². The molecule has 0 bridgehead atoms. The Morgan fingerprint density at radius 1 is 0.571 bits per heavy atom. The van der Waals surface area contributed by atoms with Crippen LogP contribution in [0.5, 0.6) is 0 Å². The molecule has 0 spiro atoms. The van der Waals surface area contributed by atoms with E-state index in [1.165, 1.54) is 55.4 Å². The van der Waals surface area contributed by atoms with Gasteiger partial charge in [0.05, 0.1) is 17.9 Å². The molecule has 0 amide bonds. The van der Waals surface area contributed by atoms with E-state index in [0.29, 0.717) is 0 Å². The molecule has 0 atom stereocenters. The fraction of sp³-hybridized carbons (Fsp3) is 0. The second-order valence-corrected chi connectivity index (χ2v) is 4.59. The molecule has 0 N–H and O–H groups in total. The summed E-state index contributed by atoms with van der Waals surface area (Å²) in [5.41, 5.74) is 0.326. The molecule has 3 aromatic heterocycles. The largest absolute Gasteiger partial charge is 3.00 e. The average molecular weight is 507 g/mol. The molecule has 0 aliphatic carbocycles. The molecule has 9 nitrogen and oxygen atoms in total. The van der Waals surface area contributed by atoms with Crippen molar-refractivity contribution in [3.05, 3.63) is 90.3 Å². The summed E-state index contributed by atoms with van der Waals surface area (Å²) in [5.74, 6) is -3.57. The van der Waals surface area contributed by atoms with Gasteiger partial charge in [0.2, 0.25) is 0 Å². The zero-order chi connectivity index (χ0) is 20.1. The van der Waals surface area contributed by atoms with Crippen LogP contribution < -0.4 is 15.3 Å². The van der Waals surface area contributed by atoms with Crippen LogP contribution in [0.1, 0.15) is 31.1 Å². The monoisotopic (exact) mass is 507 g/mol. The summed E-state index contributed by atoms with van der Waals surface area (Å²) in [7, 11) is 0. The number of nitrogens with zero attached hydrogens (tertiary/aromatic N) is 3. The van der Waals surface area contributed by atoms with E-state index >= 15 is 0 Å². The molecular weight excluding hydrogens is 495 g/mol. The Morgan fingerprint density at radius 3 is 0.929 bits per heavy atom. The van der Waals surface area contributed by atoms with E-state index in [1.807, 2.05) is 0 Å². The first-order valence-electron chi connectivity index (χ1n) is 7.26. The molecule has 0 radical (unpaired) electrons. The van der Waals surface area contributed by atoms with E-state index in [4.69, 9.17) is 0 Å². The van der Waals surface area contributed by atoms with Gasteiger partial charge in [-0.1, -0.05) is 18.2 Å². The first-order chi connectivity index (χ1) is 12.9. The number of carboxylic acids is 3. The number of aromatic nitrogens is 3. The zero-order valence-electron chi connectivity index (χ0n) is 14.3. The smallest absolute Gasteiger partial charge is 0.545 e. The second-order valence-electron chi connectivity index (χ2n) is 4.59. The number of pyridine rings is 3. The van der Waals surface area contributed by atoms with E-state index in [9.17, 15) is 29.7 Å². The van der Waals surface area contributed by atoms with Gasteiger partial charge in [0, 0.05) is 53.9 Å². The van der Waals surface area contributed by atoms with Crippen LogP contribution in [0.3, 0.4) is 0 Å². The van der Waals surface area contributed by atoms with Crippen LogP contribution in [0.15, 0.2) is 73.6 Å². The van der Waals surface area contributed by atoms with Gasteiger partial charge in [-0.3, -0.25) is 15.0 Å². The van der Waals surface area contributed by atoms with Gasteiger partial charge < -0.3 is 29.7 Å². The number of rotatable bonds is 3. The third-order valence-corrected chi connectivity index (χ3v) is 2.69. The molecule has 0 unspecified atom stereocenters. The van der Waals surface area contributed by atoms with Gasteiger partial charge in [-0.15, -0.1) is 0 Å². The summed E-state index contributed by atoms with van der Waals surface area (Å²) in [5, 5.41) is 30.1. The summed E-state index contributed by atoms with van der Waals surface area (Å²) < 4.78 is 0. The SMILES string of the molecule is O=C([O-])c1cccnc1.O=C([O-])c1cccnc1.O=C([O-])c1cccnc1.[Pr+3]. The third kappa shape index (κ3) is 10.4. The molecule has 28 heavy (non-hydrogen) atoms. The Bertz CT molecular complexity index is 747. The van der Waals surface area contributed by atoms with E-state index < -0.39 is 17.9 Å². The van der Waals surface area contributed by atoms with Crippen molar-refractivity contribution >= 4 is 17.9 Å². The van der Waals surface area contributed by atoms with Crippen LogP contribution in [0.25, 0.3) is 0 Å². The number of aromatic carboxylic acids is 3. The van der Waals surface area contributed by atoms with Gasteiger partial charge in [-0.05, 0) is 18.2 Å². The fourth-order valence-electron chi connectivity index (χ4n) is 1.45. The Hall–Kier alpha value is -2.78. The number of carbonyl (C=O) groups excluding carboxylic acids is 3. The normalized spacial score (nSPS) is 8.57.